The van der Waals surface area contributed by atoms with Crippen molar-refractivity contribution in [2.45, 2.75) is 95.4 Å². The largest absolute Gasteiger partial charge is 0.497 e. The van der Waals surface area contributed by atoms with E-state index in [1.807, 2.05) is 17.0 Å². The van der Waals surface area contributed by atoms with Gasteiger partial charge in [-0.15, -0.1) is 0 Å². The zero-order valence-corrected chi connectivity index (χ0v) is 37.8. The number of carbonyl (C=O) groups is 5. The second kappa shape index (κ2) is 21.6. The van der Waals surface area contributed by atoms with Gasteiger partial charge in [0.1, 0.15) is 5.75 Å². The SMILES string of the molecule is COc1ccc2c(c1)CCN(C1CCN(C(=O)O[C@H](Cc3cc(Cl)c(N)c(C(F)(F)F)c3)C(=O)N3CCC(C4CCN(CC(=O)OCCCN5CCCCC5=O)CC4)CC3)CC1)C(=O)N2. The molecular formula is C46H61ClF3N7O8. The van der Waals surface area contributed by atoms with Crippen LogP contribution in [0.15, 0.2) is 30.3 Å². The molecule has 0 saturated carbocycles. The molecule has 356 valence electrons. The minimum absolute atomic E-state index is 0.0478. The van der Waals surface area contributed by atoms with Gasteiger partial charge in [0.15, 0.2) is 6.10 Å². The van der Waals surface area contributed by atoms with Crippen molar-refractivity contribution < 1.29 is 51.4 Å². The third-order valence-corrected chi connectivity index (χ3v) is 14.1. The molecule has 0 aromatic heterocycles. The Hall–Kier alpha value is -4.97. The number of esters is 1. The van der Waals surface area contributed by atoms with Crippen LogP contribution in [0.5, 0.6) is 5.75 Å². The third kappa shape index (κ3) is 12.3. The van der Waals surface area contributed by atoms with Crippen molar-refractivity contribution in [3.63, 3.8) is 0 Å². The number of rotatable bonds is 13. The molecule has 5 amide bonds. The summed E-state index contributed by atoms with van der Waals surface area (Å²) >= 11 is 6.17. The van der Waals surface area contributed by atoms with Crippen molar-refractivity contribution in [1.82, 2.24) is 24.5 Å². The maximum absolute atomic E-state index is 14.3. The van der Waals surface area contributed by atoms with Crippen LogP contribution in [0.4, 0.5) is 34.1 Å². The minimum atomic E-state index is -4.80. The fourth-order valence-electron chi connectivity index (χ4n) is 10.0. The minimum Gasteiger partial charge on any atom is -0.497 e. The molecule has 2 aromatic rings. The number of amides is 5. The summed E-state index contributed by atoms with van der Waals surface area (Å²) in [6.45, 7) is 5.10. The number of alkyl halides is 3. The van der Waals surface area contributed by atoms with Gasteiger partial charge in [-0.05, 0) is 131 Å². The van der Waals surface area contributed by atoms with E-state index in [2.05, 4.69) is 10.2 Å². The number of hydrogen-bond acceptors (Lipinski definition) is 10. The normalized spacial score (nSPS) is 20.2. The summed E-state index contributed by atoms with van der Waals surface area (Å²) in [5.41, 5.74) is 5.67. The van der Waals surface area contributed by atoms with E-state index >= 15 is 0 Å². The standard InChI is InChI=1S/C46H61ClF3N7O8/c1-63-35-6-7-38-33(28-35)12-23-57(44(61)52-38)34-13-21-56(22-14-34)45(62)65-39(27-30-25-36(46(48,49)50)42(51)37(47)26-30)43(60)55-19-10-32(11-20-55)31-8-17-53(18-9-31)29-41(59)64-24-4-16-54-15-3-2-5-40(54)58/h6-7,25-26,28,31-32,34,39H,2-5,8-24,27,29,51H2,1H3,(H,52,61)/t39-/m1/s1. The predicted octanol–water partition coefficient (Wildman–Crippen LogP) is 6.45. The number of likely N-dealkylation sites (tertiary alicyclic amines) is 4. The monoisotopic (exact) mass is 931 g/mol. The lowest BCUT2D eigenvalue weighted by Gasteiger charge is -2.41. The van der Waals surface area contributed by atoms with Gasteiger partial charge in [0.2, 0.25) is 5.91 Å². The smallest absolute Gasteiger partial charge is 0.418 e. The summed E-state index contributed by atoms with van der Waals surface area (Å²) in [4.78, 5) is 74.7. The highest BCUT2D eigenvalue weighted by atomic mass is 35.5. The van der Waals surface area contributed by atoms with E-state index in [1.54, 1.807) is 23.0 Å². The van der Waals surface area contributed by atoms with Crippen molar-refractivity contribution in [1.29, 1.82) is 0 Å². The van der Waals surface area contributed by atoms with Gasteiger partial charge in [-0.25, -0.2) is 9.59 Å². The first kappa shape index (κ1) is 48.0. The molecule has 4 fully saturated rings. The Morgan fingerprint density at radius 1 is 0.877 bits per heavy atom. The highest BCUT2D eigenvalue weighted by Gasteiger charge is 2.39. The second-order valence-corrected chi connectivity index (χ2v) is 18.3. The van der Waals surface area contributed by atoms with Crippen molar-refractivity contribution in [2.24, 2.45) is 11.8 Å². The van der Waals surface area contributed by atoms with Gasteiger partial charge < -0.3 is 44.9 Å². The van der Waals surface area contributed by atoms with Gasteiger partial charge in [-0.2, -0.15) is 13.2 Å². The summed E-state index contributed by atoms with van der Waals surface area (Å²) in [5, 5.41) is 2.66. The van der Waals surface area contributed by atoms with Crippen molar-refractivity contribution in [3.05, 3.63) is 52.0 Å². The van der Waals surface area contributed by atoms with E-state index in [4.69, 9.17) is 31.5 Å². The van der Waals surface area contributed by atoms with E-state index in [0.29, 0.717) is 88.7 Å². The number of urea groups is 1. The number of halogens is 4. The van der Waals surface area contributed by atoms with Gasteiger partial charge in [0.25, 0.3) is 5.91 Å². The number of piperidine rings is 4. The number of nitrogens with one attached hydrogen (secondary N) is 1. The molecule has 2 aromatic carbocycles. The molecular weight excluding hydrogens is 871 g/mol. The van der Waals surface area contributed by atoms with Crippen LogP contribution in [0, 0.1) is 11.8 Å². The molecule has 0 unspecified atom stereocenters. The van der Waals surface area contributed by atoms with Crippen LogP contribution in [0.25, 0.3) is 0 Å². The molecule has 15 nitrogen and oxygen atoms in total. The fraction of sp³-hybridized carbons (Fsp3) is 0.630. The summed E-state index contributed by atoms with van der Waals surface area (Å²) in [6, 6.07) is 7.23. The Morgan fingerprint density at radius 3 is 2.25 bits per heavy atom. The molecule has 65 heavy (non-hydrogen) atoms. The average Bonchev–Trinajstić information content (AvgIpc) is 3.46. The number of methoxy groups -OCH3 is 1. The van der Waals surface area contributed by atoms with Gasteiger partial charge in [-0.1, -0.05) is 11.6 Å². The third-order valence-electron chi connectivity index (χ3n) is 13.8. The van der Waals surface area contributed by atoms with E-state index in [0.717, 1.165) is 62.6 Å². The number of anilines is 2. The number of fused-ring (bicyclic) bond motifs is 1. The maximum Gasteiger partial charge on any atom is 0.418 e. The van der Waals surface area contributed by atoms with E-state index in [-0.39, 0.29) is 67.2 Å². The van der Waals surface area contributed by atoms with Crippen LogP contribution in [0.3, 0.4) is 0 Å². The first-order valence-corrected chi connectivity index (χ1v) is 23.3. The number of nitrogen functional groups attached to an aromatic ring is 1. The number of nitrogens with zero attached hydrogens (tertiary/aromatic N) is 5. The van der Waals surface area contributed by atoms with E-state index in [9.17, 15) is 37.1 Å². The van der Waals surface area contributed by atoms with Crippen molar-refractivity contribution in [2.75, 3.05) is 90.2 Å². The average molecular weight is 932 g/mol. The number of ether oxygens (including phenoxy) is 3. The van der Waals surface area contributed by atoms with Crippen LogP contribution in [0.1, 0.15) is 80.9 Å². The lowest BCUT2D eigenvalue weighted by atomic mass is 9.78. The van der Waals surface area contributed by atoms with E-state index < -0.39 is 35.5 Å². The number of hydrogen-bond donors (Lipinski definition) is 2. The summed E-state index contributed by atoms with van der Waals surface area (Å²) < 4.78 is 58.7. The second-order valence-electron chi connectivity index (χ2n) is 17.9. The molecule has 0 spiro atoms. The summed E-state index contributed by atoms with van der Waals surface area (Å²) in [5.74, 6) is 0.824. The Kier molecular flexibility index (Phi) is 15.9. The molecule has 0 bridgehead atoms. The van der Waals surface area contributed by atoms with Gasteiger partial charge >= 0.3 is 24.3 Å². The molecule has 5 aliphatic heterocycles. The predicted molar refractivity (Wildman–Crippen MR) is 236 cm³/mol. The zero-order valence-electron chi connectivity index (χ0n) is 37.1. The molecule has 19 heteroatoms. The summed E-state index contributed by atoms with van der Waals surface area (Å²) in [6.07, 6.45) is 0.541. The molecule has 7 rings (SSSR count). The molecule has 4 saturated heterocycles. The highest BCUT2D eigenvalue weighted by molar-refractivity contribution is 6.33. The number of nitrogens with two attached hydrogens (primary N) is 1. The lowest BCUT2D eigenvalue weighted by Crippen LogP contribution is -2.52. The first-order chi connectivity index (χ1) is 31.2. The quantitative estimate of drug-likeness (QED) is 0.130. The van der Waals surface area contributed by atoms with Crippen LogP contribution in [-0.2, 0) is 42.9 Å². The number of carbonyl (C=O) groups excluding carboxylic acids is 5. The van der Waals surface area contributed by atoms with Crippen LogP contribution in [-0.4, -0.2) is 146 Å². The Morgan fingerprint density at radius 2 is 1.57 bits per heavy atom. The van der Waals surface area contributed by atoms with Crippen LogP contribution < -0.4 is 15.8 Å². The van der Waals surface area contributed by atoms with Gasteiger partial charge in [0.05, 0.1) is 36.5 Å². The van der Waals surface area contributed by atoms with Gasteiger partial charge in [-0.3, -0.25) is 19.3 Å². The summed E-state index contributed by atoms with van der Waals surface area (Å²) in [7, 11) is 1.59. The fourth-order valence-corrected chi connectivity index (χ4v) is 10.3. The van der Waals surface area contributed by atoms with Crippen molar-refractivity contribution in [3.8, 4) is 5.75 Å². The maximum atomic E-state index is 14.3. The Balaban J connectivity index is 0.912. The molecule has 5 heterocycles. The highest BCUT2D eigenvalue weighted by Crippen LogP contribution is 2.39. The topological polar surface area (TPSA) is 167 Å². The molecule has 5 aliphatic rings. The molecule has 3 N–H and O–H groups in total. The molecule has 0 aliphatic carbocycles. The Labute approximate surface area is 383 Å². The van der Waals surface area contributed by atoms with E-state index in [1.165, 1.54) is 11.0 Å². The first-order valence-electron chi connectivity index (χ1n) is 23.0. The molecule has 0 radical (unpaired) electrons. The van der Waals surface area contributed by atoms with Crippen molar-refractivity contribution >= 4 is 52.9 Å². The lowest BCUT2D eigenvalue weighted by molar-refractivity contribution is -0.145. The molecule has 1 atom stereocenters. The number of benzene rings is 2. The Bertz CT molecular complexity index is 2040. The van der Waals surface area contributed by atoms with Crippen LogP contribution >= 0.6 is 11.6 Å². The zero-order chi connectivity index (χ0) is 46.3. The van der Waals surface area contributed by atoms with Crippen LogP contribution in [0.2, 0.25) is 5.02 Å². The van der Waals surface area contributed by atoms with Gasteiger partial charge in [0, 0.05) is 70.4 Å².